The van der Waals surface area contributed by atoms with E-state index in [2.05, 4.69) is 0 Å². The first-order valence-corrected chi connectivity index (χ1v) is 6.50. The van der Waals surface area contributed by atoms with E-state index in [1.54, 1.807) is 0 Å². The fourth-order valence-corrected chi connectivity index (χ4v) is 2.83. The Labute approximate surface area is 96.4 Å². The normalized spacial score (nSPS) is 24.6. The number of oxazole rings is 1. The highest BCUT2D eigenvalue weighted by Crippen LogP contribution is 2.42. The highest BCUT2D eigenvalue weighted by molar-refractivity contribution is 5.16. The minimum absolute atomic E-state index is 0.0470. The van der Waals surface area contributed by atoms with E-state index >= 15 is 0 Å². The summed E-state index contributed by atoms with van der Waals surface area (Å²) in [5, 5.41) is 0. The lowest BCUT2D eigenvalue weighted by Gasteiger charge is -2.32. The van der Waals surface area contributed by atoms with Gasteiger partial charge in [0.15, 0.2) is 0 Å². The predicted molar refractivity (Wildman–Crippen MR) is 62.3 cm³/mol. The van der Waals surface area contributed by atoms with Crippen molar-refractivity contribution in [2.75, 3.05) is 6.54 Å². The topological polar surface area (TPSA) is 52.0 Å². The average Bonchev–Trinajstić information content (AvgIpc) is 3.08. The quantitative estimate of drug-likeness (QED) is 0.852. The maximum atomic E-state index is 5.97. The second-order valence-corrected chi connectivity index (χ2v) is 5.40. The van der Waals surface area contributed by atoms with Crippen molar-refractivity contribution in [1.29, 1.82) is 0 Å². The van der Waals surface area contributed by atoms with Gasteiger partial charge in [-0.25, -0.2) is 4.98 Å². The number of nitrogens with two attached hydrogens (primary N) is 1. The van der Waals surface area contributed by atoms with Gasteiger partial charge in [-0.3, -0.25) is 0 Å². The molecular weight excluding hydrogens is 200 g/mol. The SMILES string of the molecule is NCC1(c2nc(C3CC3)co2)CCCCC1. The lowest BCUT2D eigenvalue weighted by Crippen LogP contribution is -2.37. The Kier molecular flexibility index (Phi) is 2.51. The van der Waals surface area contributed by atoms with Crippen molar-refractivity contribution in [3.63, 3.8) is 0 Å². The van der Waals surface area contributed by atoms with Crippen LogP contribution in [0.1, 0.15) is 62.4 Å². The molecule has 1 heterocycles. The second kappa shape index (κ2) is 3.88. The van der Waals surface area contributed by atoms with Crippen LogP contribution in [-0.4, -0.2) is 11.5 Å². The van der Waals surface area contributed by atoms with Crippen LogP contribution in [0.2, 0.25) is 0 Å². The molecule has 2 aliphatic carbocycles. The third kappa shape index (κ3) is 1.67. The summed E-state index contributed by atoms with van der Waals surface area (Å²) in [5.41, 5.74) is 7.18. The first-order valence-electron chi connectivity index (χ1n) is 6.50. The zero-order valence-electron chi connectivity index (χ0n) is 9.74. The Morgan fingerprint density at radius 3 is 2.69 bits per heavy atom. The molecule has 0 amide bonds. The first-order chi connectivity index (χ1) is 7.84. The minimum atomic E-state index is 0.0470. The van der Waals surface area contributed by atoms with Gasteiger partial charge >= 0.3 is 0 Å². The zero-order chi connectivity index (χ0) is 11.0. The Hall–Kier alpha value is -0.830. The van der Waals surface area contributed by atoms with Crippen LogP contribution < -0.4 is 5.73 Å². The molecular formula is C13H20N2O. The molecule has 1 aromatic heterocycles. The van der Waals surface area contributed by atoms with Crippen LogP contribution in [0.3, 0.4) is 0 Å². The fourth-order valence-electron chi connectivity index (χ4n) is 2.83. The van der Waals surface area contributed by atoms with Gasteiger partial charge in [0.25, 0.3) is 0 Å². The van der Waals surface area contributed by atoms with Crippen molar-refractivity contribution in [3.05, 3.63) is 17.8 Å². The molecule has 16 heavy (non-hydrogen) atoms. The number of rotatable bonds is 3. The molecule has 2 saturated carbocycles. The summed E-state index contributed by atoms with van der Waals surface area (Å²) in [5.74, 6) is 1.59. The van der Waals surface area contributed by atoms with E-state index in [1.165, 1.54) is 32.1 Å². The molecule has 3 rings (SSSR count). The molecule has 0 spiro atoms. The number of hydrogen-bond donors (Lipinski definition) is 1. The van der Waals surface area contributed by atoms with Gasteiger partial charge < -0.3 is 10.2 Å². The summed E-state index contributed by atoms with van der Waals surface area (Å²) >= 11 is 0. The van der Waals surface area contributed by atoms with Gasteiger partial charge in [0.1, 0.15) is 6.26 Å². The Morgan fingerprint density at radius 1 is 1.31 bits per heavy atom. The van der Waals surface area contributed by atoms with Crippen LogP contribution in [0, 0.1) is 0 Å². The molecule has 0 radical (unpaired) electrons. The van der Waals surface area contributed by atoms with E-state index in [0.717, 1.165) is 24.4 Å². The van der Waals surface area contributed by atoms with E-state index in [0.29, 0.717) is 12.5 Å². The molecule has 0 aliphatic heterocycles. The average molecular weight is 220 g/mol. The van der Waals surface area contributed by atoms with Gasteiger partial charge in [-0.1, -0.05) is 19.3 Å². The zero-order valence-corrected chi connectivity index (χ0v) is 9.74. The Balaban J connectivity index is 1.86. The standard InChI is InChI=1S/C13H20N2O/c14-9-13(6-2-1-3-7-13)12-15-11(8-16-12)10-4-5-10/h8,10H,1-7,9,14H2. The summed E-state index contributed by atoms with van der Waals surface area (Å²) in [6.45, 7) is 0.678. The summed E-state index contributed by atoms with van der Waals surface area (Å²) < 4.78 is 5.71. The maximum absolute atomic E-state index is 5.97. The van der Waals surface area contributed by atoms with Gasteiger partial charge in [-0.05, 0) is 25.7 Å². The van der Waals surface area contributed by atoms with Gasteiger partial charge in [0.05, 0.1) is 11.1 Å². The largest absolute Gasteiger partial charge is 0.448 e. The van der Waals surface area contributed by atoms with Crippen molar-refractivity contribution < 1.29 is 4.42 Å². The molecule has 0 bridgehead atoms. The molecule has 0 saturated heterocycles. The van der Waals surface area contributed by atoms with Crippen LogP contribution in [0.4, 0.5) is 0 Å². The summed E-state index contributed by atoms with van der Waals surface area (Å²) in [6, 6.07) is 0. The van der Waals surface area contributed by atoms with Crippen molar-refractivity contribution in [3.8, 4) is 0 Å². The lowest BCUT2D eigenvalue weighted by molar-refractivity contribution is 0.242. The highest BCUT2D eigenvalue weighted by atomic mass is 16.3. The van der Waals surface area contributed by atoms with Crippen LogP contribution in [0.25, 0.3) is 0 Å². The summed E-state index contributed by atoms with van der Waals surface area (Å²) in [7, 11) is 0. The third-order valence-corrected chi connectivity index (χ3v) is 4.17. The Morgan fingerprint density at radius 2 is 2.06 bits per heavy atom. The Bertz CT molecular complexity index is 362. The van der Waals surface area contributed by atoms with Gasteiger partial charge in [-0.2, -0.15) is 0 Å². The molecule has 2 aliphatic rings. The van der Waals surface area contributed by atoms with Crippen LogP contribution >= 0.6 is 0 Å². The monoisotopic (exact) mass is 220 g/mol. The molecule has 0 atom stereocenters. The number of nitrogens with zero attached hydrogens (tertiary/aromatic N) is 1. The summed E-state index contributed by atoms with van der Waals surface area (Å²) in [6.07, 6.45) is 10.6. The molecule has 1 aromatic rings. The first kappa shape index (κ1) is 10.3. The van der Waals surface area contributed by atoms with Gasteiger partial charge in [0.2, 0.25) is 5.89 Å². The van der Waals surface area contributed by atoms with Gasteiger partial charge in [0, 0.05) is 12.5 Å². The highest BCUT2D eigenvalue weighted by Gasteiger charge is 2.38. The van der Waals surface area contributed by atoms with Gasteiger partial charge in [-0.15, -0.1) is 0 Å². The minimum Gasteiger partial charge on any atom is -0.448 e. The second-order valence-electron chi connectivity index (χ2n) is 5.40. The number of hydrogen-bond acceptors (Lipinski definition) is 3. The third-order valence-electron chi connectivity index (χ3n) is 4.17. The molecule has 2 N–H and O–H groups in total. The van der Waals surface area contributed by atoms with E-state index in [4.69, 9.17) is 15.1 Å². The van der Waals surface area contributed by atoms with Crippen molar-refractivity contribution in [1.82, 2.24) is 4.98 Å². The van der Waals surface area contributed by atoms with Crippen LogP contribution in [0.15, 0.2) is 10.7 Å². The van der Waals surface area contributed by atoms with Crippen molar-refractivity contribution in [2.24, 2.45) is 5.73 Å². The molecule has 3 heteroatoms. The van der Waals surface area contributed by atoms with E-state index in [1.807, 2.05) is 6.26 Å². The van der Waals surface area contributed by atoms with Crippen molar-refractivity contribution in [2.45, 2.75) is 56.3 Å². The van der Waals surface area contributed by atoms with E-state index in [9.17, 15) is 0 Å². The predicted octanol–water partition coefficient (Wildman–Crippen LogP) is 2.71. The molecule has 3 nitrogen and oxygen atoms in total. The number of aromatic nitrogens is 1. The molecule has 88 valence electrons. The van der Waals surface area contributed by atoms with Crippen molar-refractivity contribution >= 4 is 0 Å². The molecule has 0 unspecified atom stereocenters. The van der Waals surface area contributed by atoms with Crippen LogP contribution in [-0.2, 0) is 5.41 Å². The summed E-state index contributed by atoms with van der Waals surface area (Å²) in [4.78, 5) is 4.69. The maximum Gasteiger partial charge on any atom is 0.201 e. The molecule has 0 aromatic carbocycles. The fraction of sp³-hybridized carbons (Fsp3) is 0.769. The van der Waals surface area contributed by atoms with E-state index < -0.39 is 0 Å². The van der Waals surface area contributed by atoms with E-state index in [-0.39, 0.29) is 5.41 Å². The smallest absolute Gasteiger partial charge is 0.201 e. The molecule has 2 fully saturated rings. The van der Waals surface area contributed by atoms with Crippen LogP contribution in [0.5, 0.6) is 0 Å². The lowest BCUT2D eigenvalue weighted by atomic mass is 9.74.